The van der Waals surface area contributed by atoms with Crippen LogP contribution in [0.2, 0.25) is 0 Å². The number of amides is 1. The molecule has 1 aromatic carbocycles. The zero-order valence-corrected chi connectivity index (χ0v) is 15.6. The van der Waals surface area contributed by atoms with Gasteiger partial charge in [0.05, 0.1) is 5.69 Å². The highest BCUT2D eigenvalue weighted by Crippen LogP contribution is 2.37. The molecule has 0 spiro atoms. The summed E-state index contributed by atoms with van der Waals surface area (Å²) in [5.41, 5.74) is 9.71. The number of thiophene rings is 1. The molecule has 3 aromatic rings. The van der Waals surface area contributed by atoms with Crippen LogP contribution in [0.5, 0.6) is 11.5 Å². The van der Waals surface area contributed by atoms with Crippen LogP contribution in [0.4, 0.5) is 11.4 Å². The molecular weight excluding hydrogens is 364 g/mol. The second kappa shape index (κ2) is 6.11. The number of likely N-dealkylation sites (N-methyl/N-ethyl adjacent to an activating group) is 1. The van der Waals surface area contributed by atoms with Crippen LogP contribution in [0.25, 0.3) is 10.2 Å². The average Bonchev–Trinajstić information content (AvgIpc) is 3.24. The first-order valence-electron chi connectivity index (χ1n) is 8.69. The highest BCUT2D eigenvalue weighted by molar-refractivity contribution is 7.21. The van der Waals surface area contributed by atoms with E-state index in [-0.39, 0.29) is 12.7 Å². The Hall–Kier alpha value is -2.84. The predicted molar refractivity (Wildman–Crippen MR) is 105 cm³/mol. The van der Waals surface area contributed by atoms with Crippen LogP contribution >= 0.6 is 11.3 Å². The minimum atomic E-state index is -0.246. The fourth-order valence-electron chi connectivity index (χ4n) is 3.47. The van der Waals surface area contributed by atoms with Gasteiger partial charge >= 0.3 is 0 Å². The number of hydrogen-bond donors (Lipinski definition) is 2. The van der Waals surface area contributed by atoms with Crippen LogP contribution in [0.15, 0.2) is 24.3 Å². The monoisotopic (exact) mass is 382 g/mol. The molecule has 0 saturated carbocycles. The van der Waals surface area contributed by atoms with Gasteiger partial charge in [0, 0.05) is 42.3 Å². The van der Waals surface area contributed by atoms with Gasteiger partial charge < -0.3 is 25.4 Å². The summed E-state index contributed by atoms with van der Waals surface area (Å²) in [4.78, 5) is 21.1. The average molecular weight is 382 g/mol. The van der Waals surface area contributed by atoms with Crippen molar-refractivity contribution in [1.29, 1.82) is 0 Å². The van der Waals surface area contributed by atoms with Crippen molar-refractivity contribution in [1.82, 2.24) is 9.88 Å². The first-order chi connectivity index (χ1) is 13.1. The van der Waals surface area contributed by atoms with Crippen LogP contribution in [-0.4, -0.2) is 36.2 Å². The number of pyridine rings is 1. The van der Waals surface area contributed by atoms with Gasteiger partial charge in [0.25, 0.3) is 5.91 Å². The maximum atomic E-state index is 12.8. The number of fused-ring (bicyclic) bond motifs is 3. The van der Waals surface area contributed by atoms with Crippen LogP contribution in [0.3, 0.4) is 0 Å². The number of nitrogens with one attached hydrogen (secondary N) is 1. The van der Waals surface area contributed by atoms with Crippen LogP contribution in [0.1, 0.15) is 20.9 Å². The minimum absolute atomic E-state index is 0.196. The standard InChI is InChI=1S/C19H18N4O3S/c1-23-5-4-13-10(8-23)6-12-16(20)17(27-19(12)22-13)18(24)21-11-2-3-14-15(7-11)26-9-25-14/h2-3,6-7H,4-5,8-9,20H2,1H3,(H,21,24). The van der Waals surface area contributed by atoms with Crippen molar-refractivity contribution in [3.8, 4) is 11.5 Å². The maximum absolute atomic E-state index is 12.8. The van der Waals surface area contributed by atoms with Crippen molar-refractivity contribution >= 4 is 38.8 Å². The Kier molecular flexibility index (Phi) is 3.70. The number of rotatable bonds is 2. The van der Waals surface area contributed by atoms with Gasteiger partial charge in [-0.1, -0.05) is 0 Å². The number of benzene rings is 1. The van der Waals surface area contributed by atoms with Gasteiger partial charge in [0.15, 0.2) is 11.5 Å². The Balaban J connectivity index is 1.47. The summed E-state index contributed by atoms with van der Waals surface area (Å²) in [7, 11) is 2.09. The van der Waals surface area contributed by atoms with Crippen molar-refractivity contribution in [2.75, 3.05) is 31.4 Å². The molecule has 5 rings (SSSR count). The fourth-order valence-corrected chi connectivity index (χ4v) is 4.46. The molecule has 0 radical (unpaired) electrons. The number of nitrogens with zero attached hydrogens (tertiary/aromatic N) is 2. The van der Waals surface area contributed by atoms with E-state index in [1.807, 2.05) is 0 Å². The molecule has 2 aliphatic heterocycles. The number of ether oxygens (including phenoxy) is 2. The van der Waals surface area contributed by atoms with Crippen LogP contribution < -0.4 is 20.5 Å². The number of anilines is 2. The van der Waals surface area contributed by atoms with Gasteiger partial charge in [-0.25, -0.2) is 4.98 Å². The molecule has 0 fully saturated rings. The summed E-state index contributed by atoms with van der Waals surface area (Å²) < 4.78 is 10.6. The molecule has 0 bridgehead atoms. The first-order valence-corrected chi connectivity index (χ1v) is 9.50. The van der Waals surface area contributed by atoms with Crippen molar-refractivity contribution in [3.63, 3.8) is 0 Å². The fraction of sp³-hybridized carbons (Fsp3) is 0.263. The summed E-state index contributed by atoms with van der Waals surface area (Å²) in [6, 6.07) is 7.38. The number of carbonyl (C=O) groups excluding carboxylic acids is 1. The Labute approximate surface area is 159 Å². The van der Waals surface area contributed by atoms with Gasteiger partial charge in [-0.05, 0) is 30.8 Å². The molecule has 4 heterocycles. The Morgan fingerprint density at radius 3 is 3.04 bits per heavy atom. The Morgan fingerprint density at radius 2 is 2.15 bits per heavy atom. The predicted octanol–water partition coefficient (Wildman–Crippen LogP) is 2.85. The van der Waals surface area contributed by atoms with Crippen molar-refractivity contribution < 1.29 is 14.3 Å². The highest BCUT2D eigenvalue weighted by atomic mass is 32.1. The highest BCUT2D eigenvalue weighted by Gasteiger charge is 2.22. The van der Waals surface area contributed by atoms with Gasteiger partial charge in [0.2, 0.25) is 6.79 Å². The number of carbonyl (C=O) groups is 1. The zero-order chi connectivity index (χ0) is 18.5. The summed E-state index contributed by atoms with van der Waals surface area (Å²) in [5, 5.41) is 3.74. The van der Waals surface area contributed by atoms with Crippen LogP contribution in [-0.2, 0) is 13.0 Å². The van der Waals surface area contributed by atoms with E-state index in [4.69, 9.17) is 20.2 Å². The number of aromatic nitrogens is 1. The molecule has 1 amide bonds. The molecule has 0 aliphatic carbocycles. The van der Waals surface area contributed by atoms with Crippen molar-refractivity contribution in [3.05, 3.63) is 40.4 Å². The molecule has 2 aliphatic rings. The summed E-state index contributed by atoms with van der Waals surface area (Å²) in [6.07, 6.45) is 0.915. The van der Waals surface area contributed by atoms with Gasteiger partial charge in [-0.15, -0.1) is 11.3 Å². The van der Waals surface area contributed by atoms with Crippen LogP contribution in [0, 0.1) is 0 Å². The normalized spacial score (nSPS) is 15.7. The van der Waals surface area contributed by atoms with E-state index >= 15 is 0 Å². The third kappa shape index (κ3) is 2.77. The Bertz CT molecular complexity index is 1080. The SMILES string of the molecule is CN1CCc2nc3sc(C(=O)Nc4ccc5c(c4)OCO5)c(N)c3cc2C1. The quantitative estimate of drug-likeness (QED) is 0.708. The second-order valence-electron chi connectivity index (χ2n) is 6.80. The van der Waals surface area contributed by atoms with E-state index in [0.29, 0.717) is 27.8 Å². The largest absolute Gasteiger partial charge is 0.454 e. The molecular formula is C19H18N4O3S. The van der Waals surface area contributed by atoms with E-state index in [0.717, 1.165) is 35.4 Å². The molecule has 3 N–H and O–H groups in total. The number of hydrogen-bond acceptors (Lipinski definition) is 7. The van der Waals surface area contributed by atoms with Crippen molar-refractivity contribution in [2.45, 2.75) is 13.0 Å². The zero-order valence-electron chi connectivity index (χ0n) is 14.7. The molecule has 2 aromatic heterocycles. The number of nitrogens with two attached hydrogens (primary N) is 1. The Morgan fingerprint density at radius 1 is 1.30 bits per heavy atom. The smallest absolute Gasteiger partial charge is 0.267 e. The summed E-state index contributed by atoms with van der Waals surface area (Å²) >= 11 is 1.33. The second-order valence-corrected chi connectivity index (χ2v) is 7.80. The molecule has 0 atom stereocenters. The molecule has 0 saturated heterocycles. The van der Waals surface area contributed by atoms with E-state index < -0.39 is 0 Å². The lowest BCUT2D eigenvalue weighted by Gasteiger charge is -2.24. The third-order valence-electron chi connectivity index (χ3n) is 4.90. The van der Waals surface area contributed by atoms with Gasteiger partial charge in [0.1, 0.15) is 9.71 Å². The van der Waals surface area contributed by atoms with E-state index in [2.05, 4.69) is 23.3 Å². The van der Waals surface area contributed by atoms with E-state index in [1.165, 1.54) is 16.9 Å². The number of nitrogen functional groups attached to an aromatic ring is 1. The summed E-state index contributed by atoms with van der Waals surface area (Å²) in [5.74, 6) is 1.05. The lowest BCUT2D eigenvalue weighted by Crippen LogP contribution is -2.27. The van der Waals surface area contributed by atoms with Gasteiger partial charge in [-0.2, -0.15) is 0 Å². The summed E-state index contributed by atoms with van der Waals surface area (Å²) in [6.45, 7) is 2.04. The molecule has 0 unspecified atom stereocenters. The van der Waals surface area contributed by atoms with E-state index in [9.17, 15) is 4.79 Å². The van der Waals surface area contributed by atoms with E-state index in [1.54, 1.807) is 18.2 Å². The lowest BCUT2D eigenvalue weighted by molar-refractivity contribution is 0.103. The van der Waals surface area contributed by atoms with Crippen molar-refractivity contribution in [2.24, 2.45) is 0 Å². The molecule has 8 heteroatoms. The third-order valence-corrected chi connectivity index (χ3v) is 6.01. The van der Waals surface area contributed by atoms with Gasteiger partial charge in [-0.3, -0.25) is 4.79 Å². The molecule has 138 valence electrons. The molecule has 7 nitrogen and oxygen atoms in total. The minimum Gasteiger partial charge on any atom is -0.454 e. The molecule has 27 heavy (non-hydrogen) atoms. The first kappa shape index (κ1) is 16.3. The maximum Gasteiger partial charge on any atom is 0.267 e. The lowest BCUT2D eigenvalue weighted by atomic mass is 10.0. The topological polar surface area (TPSA) is 89.7 Å².